The average Bonchev–Trinajstić information content (AvgIpc) is 2.93. The highest BCUT2D eigenvalue weighted by molar-refractivity contribution is 5.71. The quantitative estimate of drug-likeness (QED) is 0.0633. The molecule has 40 heavy (non-hydrogen) atoms. The Bertz CT molecular complexity index is 533. The summed E-state index contributed by atoms with van der Waals surface area (Å²) >= 11 is 0. The number of esters is 1. The molecule has 0 rings (SSSR count). The van der Waals surface area contributed by atoms with Crippen LogP contribution in [-0.4, -0.2) is 23.1 Å². The monoisotopic (exact) mass is 567 g/mol. The van der Waals surface area contributed by atoms with E-state index in [2.05, 4.69) is 13.8 Å². The van der Waals surface area contributed by atoms with Crippen LogP contribution in [0.3, 0.4) is 0 Å². The topological polar surface area (TPSA) is 63.6 Å². The van der Waals surface area contributed by atoms with Gasteiger partial charge in [-0.05, 0) is 19.3 Å². The van der Waals surface area contributed by atoms with Gasteiger partial charge in [-0.1, -0.05) is 181 Å². The second kappa shape index (κ2) is 32.5. The van der Waals surface area contributed by atoms with Crippen LogP contribution >= 0.6 is 0 Å². The van der Waals surface area contributed by atoms with Crippen molar-refractivity contribution in [3.63, 3.8) is 0 Å². The number of carbonyl (C=O) groups excluding carboxylic acids is 1. The number of hydrogen-bond acceptors (Lipinski definition) is 3. The Kier molecular flexibility index (Phi) is 31.6. The molecule has 0 aliphatic heterocycles. The Morgan fingerprint density at radius 3 is 1.10 bits per heavy atom. The number of aliphatic carboxylic acids is 1. The number of carboxylic acid groups (broad SMARTS) is 1. The molecule has 4 heteroatoms. The molecule has 1 N–H and O–H groups in total. The van der Waals surface area contributed by atoms with Crippen LogP contribution in [0.5, 0.6) is 0 Å². The van der Waals surface area contributed by atoms with E-state index < -0.39 is 12.1 Å². The lowest BCUT2D eigenvalue weighted by molar-refractivity contribution is -0.153. The summed E-state index contributed by atoms with van der Waals surface area (Å²) in [7, 11) is 0. The fourth-order valence-corrected chi connectivity index (χ4v) is 5.67. The van der Waals surface area contributed by atoms with E-state index in [-0.39, 0.29) is 12.4 Å². The molecule has 0 aliphatic carbocycles. The Balaban J connectivity index is 3.62. The van der Waals surface area contributed by atoms with E-state index in [4.69, 9.17) is 4.74 Å². The highest BCUT2D eigenvalue weighted by Crippen LogP contribution is 2.17. The van der Waals surface area contributed by atoms with Crippen molar-refractivity contribution < 1.29 is 19.4 Å². The fourth-order valence-electron chi connectivity index (χ4n) is 5.67. The summed E-state index contributed by atoms with van der Waals surface area (Å²) in [4.78, 5) is 23.5. The van der Waals surface area contributed by atoms with Gasteiger partial charge < -0.3 is 9.84 Å². The molecule has 1 atom stereocenters. The Labute approximate surface area is 250 Å². The van der Waals surface area contributed by atoms with Gasteiger partial charge in [-0.15, -0.1) is 0 Å². The fraction of sp³-hybridized carbons (Fsp3) is 0.944. The van der Waals surface area contributed by atoms with Gasteiger partial charge in [0.1, 0.15) is 6.10 Å². The molecule has 4 nitrogen and oxygen atoms in total. The van der Waals surface area contributed by atoms with Crippen molar-refractivity contribution >= 4 is 11.9 Å². The number of unbranched alkanes of at least 4 members (excludes halogenated alkanes) is 26. The molecule has 1 unspecified atom stereocenters. The molecule has 0 aromatic heterocycles. The first kappa shape index (κ1) is 38.9. The summed E-state index contributed by atoms with van der Waals surface area (Å²) in [5.74, 6) is -1.09. The van der Waals surface area contributed by atoms with Crippen molar-refractivity contribution in [3.8, 4) is 0 Å². The molecule has 0 aliphatic rings. The first-order valence-corrected chi connectivity index (χ1v) is 18.0. The Morgan fingerprint density at radius 1 is 0.475 bits per heavy atom. The standard InChI is InChI=1S/C36H70O4/c1-3-5-7-9-11-13-15-17-18-20-22-24-26-28-30-32-36(39)40-34(33-35(37)38)31-29-27-25-23-21-19-16-14-12-10-8-6-4-2/h34H,3-33H2,1-2H3,(H,37,38). The van der Waals surface area contributed by atoms with Gasteiger partial charge in [-0.2, -0.15) is 0 Å². The summed E-state index contributed by atoms with van der Waals surface area (Å²) in [5, 5.41) is 9.23. The molecule has 0 aromatic carbocycles. The van der Waals surface area contributed by atoms with E-state index in [9.17, 15) is 14.7 Å². The molecule has 0 spiro atoms. The van der Waals surface area contributed by atoms with Crippen LogP contribution in [0.2, 0.25) is 0 Å². The number of rotatable bonds is 33. The predicted molar refractivity (Wildman–Crippen MR) is 172 cm³/mol. The normalized spacial score (nSPS) is 12.1. The zero-order chi connectivity index (χ0) is 29.4. The van der Waals surface area contributed by atoms with Gasteiger partial charge in [0.05, 0.1) is 6.42 Å². The zero-order valence-corrected chi connectivity index (χ0v) is 27.2. The minimum atomic E-state index is -0.875. The molecule has 0 amide bonds. The van der Waals surface area contributed by atoms with Crippen molar-refractivity contribution in [2.24, 2.45) is 0 Å². The highest BCUT2D eigenvalue weighted by atomic mass is 16.5. The molecule has 0 aromatic rings. The van der Waals surface area contributed by atoms with Crippen LogP contribution in [0, 0.1) is 0 Å². The van der Waals surface area contributed by atoms with Crippen LogP contribution in [0.25, 0.3) is 0 Å². The molecular formula is C36H70O4. The van der Waals surface area contributed by atoms with E-state index in [0.717, 1.165) is 25.7 Å². The van der Waals surface area contributed by atoms with Crippen molar-refractivity contribution in [2.75, 3.05) is 0 Å². The molecular weight excluding hydrogens is 496 g/mol. The molecule has 238 valence electrons. The average molecular weight is 567 g/mol. The number of hydrogen-bond donors (Lipinski definition) is 1. The van der Waals surface area contributed by atoms with Crippen LogP contribution in [0.15, 0.2) is 0 Å². The third-order valence-corrected chi connectivity index (χ3v) is 8.31. The molecule has 0 bridgehead atoms. The SMILES string of the molecule is CCCCCCCCCCCCCCCCCC(=O)OC(CCCCCCCCCCCCCCC)CC(=O)O. The zero-order valence-electron chi connectivity index (χ0n) is 27.2. The molecule has 0 saturated heterocycles. The van der Waals surface area contributed by atoms with E-state index in [1.165, 1.54) is 154 Å². The van der Waals surface area contributed by atoms with Crippen LogP contribution in [0.4, 0.5) is 0 Å². The summed E-state index contributed by atoms with van der Waals surface area (Å²) < 4.78 is 5.57. The summed E-state index contributed by atoms with van der Waals surface area (Å²) in [6.07, 6.45) is 36.9. The van der Waals surface area contributed by atoms with Gasteiger partial charge in [0, 0.05) is 6.42 Å². The third kappa shape index (κ3) is 31.5. The largest absolute Gasteiger partial charge is 0.481 e. The minimum absolute atomic E-state index is 0.0666. The van der Waals surface area contributed by atoms with Crippen LogP contribution in [-0.2, 0) is 14.3 Å². The number of carboxylic acids is 1. The summed E-state index contributed by atoms with van der Waals surface area (Å²) in [5.41, 5.74) is 0. The van der Waals surface area contributed by atoms with Gasteiger partial charge in [0.2, 0.25) is 0 Å². The lowest BCUT2D eigenvalue weighted by Crippen LogP contribution is -2.21. The Morgan fingerprint density at radius 2 is 0.775 bits per heavy atom. The first-order valence-electron chi connectivity index (χ1n) is 18.0. The highest BCUT2D eigenvalue weighted by Gasteiger charge is 2.17. The van der Waals surface area contributed by atoms with Crippen molar-refractivity contribution in [1.82, 2.24) is 0 Å². The van der Waals surface area contributed by atoms with Crippen LogP contribution in [0.1, 0.15) is 213 Å². The molecule has 0 fully saturated rings. The number of carbonyl (C=O) groups is 2. The lowest BCUT2D eigenvalue weighted by atomic mass is 10.0. The van der Waals surface area contributed by atoms with Gasteiger partial charge >= 0.3 is 11.9 Å². The van der Waals surface area contributed by atoms with E-state index in [0.29, 0.717) is 12.8 Å². The second-order valence-corrected chi connectivity index (χ2v) is 12.4. The van der Waals surface area contributed by atoms with Gasteiger partial charge in [-0.3, -0.25) is 9.59 Å². The van der Waals surface area contributed by atoms with Gasteiger partial charge in [0.15, 0.2) is 0 Å². The van der Waals surface area contributed by atoms with Crippen molar-refractivity contribution in [3.05, 3.63) is 0 Å². The summed E-state index contributed by atoms with van der Waals surface area (Å²) in [6, 6.07) is 0. The van der Waals surface area contributed by atoms with E-state index in [1.807, 2.05) is 0 Å². The predicted octanol–water partition coefficient (Wildman–Crippen LogP) is 12.1. The maximum absolute atomic E-state index is 12.3. The first-order chi connectivity index (χ1) is 19.6. The van der Waals surface area contributed by atoms with Crippen molar-refractivity contribution in [2.45, 2.75) is 219 Å². The molecule has 0 saturated carbocycles. The molecule has 0 heterocycles. The summed E-state index contributed by atoms with van der Waals surface area (Å²) in [6.45, 7) is 4.54. The number of ether oxygens (including phenoxy) is 1. The Hall–Kier alpha value is -1.06. The van der Waals surface area contributed by atoms with Gasteiger partial charge in [-0.25, -0.2) is 0 Å². The van der Waals surface area contributed by atoms with Gasteiger partial charge in [0.25, 0.3) is 0 Å². The second-order valence-electron chi connectivity index (χ2n) is 12.4. The van der Waals surface area contributed by atoms with Crippen molar-refractivity contribution in [1.29, 1.82) is 0 Å². The third-order valence-electron chi connectivity index (χ3n) is 8.31. The van der Waals surface area contributed by atoms with E-state index >= 15 is 0 Å². The maximum Gasteiger partial charge on any atom is 0.307 e. The van der Waals surface area contributed by atoms with E-state index in [1.54, 1.807) is 0 Å². The smallest absolute Gasteiger partial charge is 0.307 e. The molecule has 0 radical (unpaired) electrons. The minimum Gasteiger partial charge on any atom is -0.481 e. The lowest BCUT2D eigenvalue weighted by Gasteiger charge is -2.16. The van der Waals surface area contributed by atoms with Crippen LogP contribution < -0.4 is 0 Å². The maximum atomic E-state index is 12.3.